The van der Waals surface area contributed by atoms with Crippen molar-refractivity contribution in [3.8, 4) is 5.75 Å². The SMILES string of the molecule is O=C(NCCNC(=O)C1CCC(C(=O)c2ccccc2)CC1)c1ccc(OC2CCC(C(=O)O)CC2)cc1. The number of hydrogen-bond acceptors (Lipinski definition) is 5. The molecule has 0 spiro atoms. The van der Waals surface area contributed by atoms with Crippen LogP contribution in [0, 0.1) is 17.8 Å². The molecular formula is C30H36N2O6. The van der Waals surface area contributed by atoms with Crippen molar-refractivity contribution in [2.24, 2.45) is 17.8 Å². The molecule has 0 saturated heterocycles. The second kappa shape index (κ2) is 13.2. The molecule has 8 nitrogen and oxygen atoms in total. The molecule has 8 heteroatoms. The molecule has 202 valence electrons. The van der Waals surface area contributed by atoms with Crippen LogP contribution < -0.4 is 15.4 Å². The lowest BCUT2D eigenvalue weighted by molar-refractivity contribution is -0.143. The van der Waals surface area contributed by atoms with Gasteiger partial charge in [0.15, 0.2) is 5.78 Å². The minimum atomic E-state index is -0.738. The van der Waals surface area contributed by atoms with E-state index in [2.05, 4.69) is 10.6 Å². The van der Waals surface area contributed by atoms with Gasteiger partial charge < -0.3 is 20.5 Å². The molecule has 2 fully saturated rings. The normalized spacial score (nSPS) is 23.2. The van der Waals surface area contributed by atoms with E-state index in [-0.39, 0.29) is 41.5 Å². The highest BCUT2D eigenvalue weighted by atomic mass is 16.5. The van der Waals surface area contributed by atoms with Gasteiger partial charge in [0.25, 0.3) is 5.91 Å². The Morgan fingerprint density at radius 3 is 1.89 bits per heavy atom. The van der Waals surface area contributed by atoms with Gasteiger partial charge in [-0.25, -0.2) is 0 Å². The largest absolute Gasteiger partial charge is 0.490 e. The zero-order valence-electron chi connectivity index (χ0n) is 21.6. The molecule has 38 heavy (non-hydrogen) atoms. The van der Waals surface area contributed by atoms with Crippen molar-refractivity contribution in [3.63, 3.8) is 0 Å². The summed E-state index contributed by atoms with van der Waals surface area (Å²) in [5, 5.41) is 14.8. The van der Waals surface area contributed by atoms with Gasteiger partial charge in [-0.05, 0) is 75.6 Å². The Hall–Kier alpha value is -3.68. The van der Waals surface area contributed by atoms with Crippen molar-refractivity contribution < 1.29 is 29.0 Å². The maximum atomic E-state index is 12.6. The van der Waals surface area contributed by atoms with Crippen molar-refractivity contribution in [2.45, 2.75) is 57.5 Å². The molecular weight excluding hydrogens is 484 g/mol. The fourth-order valence-corrected chi connectivity index (χ4v) is 5.37. The van der Waals surface area contributed by atoms with E-state index >= 15 is 0 Å². The van der Waals surface area contributed by atoms with Crippen LogP contribution in [-0.2, 0) is 9.59 Å². The number of aliphatic carboxylic acids is 1. The summed E-state index contributed by atoms with van der Waals surface area (Å²) in [6.07, 6.45) is 5.45. The second-order valence-electron chi connectivity index (χ2n) is 10.3. The van der Waals surface area contributed by atoms with Gasteiger partial charge in [-0.15, -0.1) is 0 Å². The van der Waals surface area contributed by atoms with Gasteiger partial charge in [-0.3, -0.25) is 19.2 Å². The Morgan fingerprint density at radius 2 is 1.26 bits per heavy atom. The standard InChI is InChI=1S/C30H36N2O6/c33-27(20-4-2-1-3-5-20)21-6-8-22(9-7-21)28(34)31-18-19-32-29(35)23-10-14-25(15-11-23)38-26-16-12-24(13-17-26)30(36)37/h1-5,10-11,14-15,21-22,24,26H,6-9,12-13,16-19H2,(H,31,34)(H,32,35)(H,36,37). The molecule has 3 N–H and O–H groups in total. The molecule has 0 aliphatic heterocycles. The number of benzene rings is 2. The minimum absolute atomic E-state index is 0.00621. The Kier molecular flexibility index (Phi) is 9.51. The lowest BCUT2D eigenvalue weighted by atomic mass is 9.78. The van der Waals surface area contributed by atoms with E-state index in [1.165, 1.54) is 0 Å². The number of ether oxygens (including phenoxy) is 1. The van der Waals surface area contributed by atoms with Crippen molar-refractivity contribution in [1.29, 1.82) is 0 Å². The average molecular weight is 521 g/mol. The second-order valence-corrected chi connectivity index (χ2v) is 10.3. The van der Waals surface area contributed by atoms with Gasteiger partial charge in [-0.1, -0.05) is 30.3 Å². The number of carbonyl (C=O) groups is 4. The molecule has 0 aromatic heterocycles. The summed E-state index contributed by atoms with van der Waals surface area (Å²) in [5.74, 6) is -0.574. The van der Waals surface area contributed by atoms with E-state index in [9.17, 15) is 19.2 Å². The molecule has 0 unspecified atom stereocenters. The number of hydrogen-bond donors (Lipinski definition) is 3. The number of ketones is 1. The van der Waals surface area contributed by atoms with E-state index in [1.54, 1.807) is 24.3 Å². The Morgan fingerprint density at radius 1 is 0.684 bits per heavy atom. The summed E-state index contributed by atoms with van der Waals surface area (Å²) in [6.45, 7) is 0.658. The molecule has 2 aliphatic rings. The highest BCUT2D eigenvalue weighted by Crippen LogP contribution is 2.31. The number of carbonyl (C=O) groups excluding carboxylic acids is 3. The van der Waals surface area contributed by atoms with Crippen LogP contribution in [0.1, 0.15) is 72.1 Å². The van der Waals surface area contributed by atoms with E-state index in [4.69, 9.17) is 9.84 Å². The van der Waals surface area contributed by atoms with Crippen LogP contribution in [0.5, 0.6) is 5.75 Å². The Bertz CT molecular complexity index is 1100. The predicted octanol–water partition coefficient (Wildman–Crippen LogP) is 4.24. The maximum absolute atomic E-state index is 12.6. The van der Waals surface area contributed by atoms with Crippen LogP contribution in [0.25, 0.3) is 0 Å². The van der Waals surface area contributed by atoms with Crippen LogP contribution in [0.4, 0.5) is 0 Å². The third kappa shape index (κ3) is 7.43. The topological polar surface area (TPSA) is 122 Å². The van der Waals surface area contributed by atoms with E-state index < -0.39 is 5.97 Å². The first-order chi connectivity index (χ1) is 18.4. The first-order valence-electron chi connectivity index (χ1n) is 13.6. The molecule has 0 atom stereocenters. The summed E-state index contributed by atoms with van der Waals surface area (Å²) in [7, 11) is 0. The van der Waals surface area contributed by atoms with Crippen molar-refractivity contribution in [2.75, 3.05) is 13.1 Å². The zero-order valence-corrected chi connectivity index (χ0v) is 21.6. The third-order valence-electron chi connectivity index (χ3n) is 7.68. The van der Waals surface area contributed by atoms with Crippen LogP contribution in [0.2, 0.25) is 0 Å². The highest BCUT2D eigenvalue weighted by molar-refractivity contribution is 5.98. The van der Waals surface area contributed by atoms with Gasteiger partial charge in [0.05, 0.1) is 12.0 Å². The van der Waals surface area contributed by atoms with Crippen LogP contribution in [0.15, 0.2) is 54.6 Å². The summed E-state index contributed by atoms with van der Waals surface area (Å²) in [5.41, 5.74) is 1.23. The lowest BCUT2D eigenvalue weighted by Crippen LogP contribution is -2.39. The van der Waals surface area contributed by atoms with Crippen LogP contribution in [-0.4, -0.2) is 47.9 Å². The molecule has 2 aromatic carbocycles. The maximum Gasteiger partial charge on any atom is 0.306 e. The molecule has 4 rings (SSSR count). The number of carboxylic acid groups (broad SMARTS) is 1. The highest BCUT2D eigenvalue weighted by Gasteiger charge is 2.30. The summed E-state index contributed by atoms with van der Waals surface area (Å²) in [4.78, 5) is 48.7. The summed E-state index contributed by atoms with van der Waals surface area (Å²) in [6, 6.07) is 16.2. The van der Waals surface area contributed by atoms with E-state index in [1.807, 2.05) is 30.3 Å². The van der Waals surface area contributed by atoms with Crippen molar-refractivity contribution >= 4 is 23.6 Å². The Balaban J connectivity index is 1.12. The van der Waals surface area contributed by atoms with Crippen molar-refractivity contribution in [3.05, 3.63) is 65.7 Å². The monoisotopic (exact) mass is 520 g/mol. The third-order valence-corrected chi connectivity index (χ3v) is 7.68. The first kappa shape index (κ1) is 27.4. The van der Waals surface area contributed by atoms with Gasteiger partial charge in [0.1, 0.15) is 5.75 Å². The van der Waals surface area contributed by atoms with Gasteiger partial charge in [0, 0.05) is 36.1 Å². The summed E-state index contributed by atoms with van der Waals surface area (Å²) < 4.78 is 5.95. The van der Waals surface area contributed by atoms with E-state index in [0.29, 0.717) is 75.8 Å². The fourth-order valence-electron chi connectivity index (χ4n) is 5.37. The average Bonchev–Trinajstić information content (AvgIpc) is 2.96. The first-order valence-corrected chi connectivity index (χ1v) is 13.6. The number of nitrogens with one attached hydrogen (secondary N) is 2. The van der Waals surface area contributed by atoms with Gasteiger partial charge in [-0.2, -0.15) is 0 Å². The smallest absolute Gasteiger partial charge is 0.306 e. The number of amides is 2. The Labute approximate surface area is 223 Å². The molecule has 0 heterocycles. The predicted molar refractivity (Wildman–Crippen MR) is 142 cm³/mol. The van der Waals surface area contributed by atoms with Gasteiger partial charge >= 0.3 is 5.97 Å². The van der Waals surface area contributed by atoms with Crippen molar-refractivity contribution in [1.82, 2.24) is 10.6 Å². The quantitative estimate of drug-likeness (QED) is 0.318. The van der Waals surface area contributed by atoms with Crippen LogP contribution >= 0.6 is 0 Å². The number of Topliss-reactive ketones (excluding diaryl/α,β-unsaturated/α-hetero) is 1. The van der Waals surface area contributed by atoms with E-state index in [0.717, 1.165) is 5.56 Å². The molecule has 2 aromatic rings. The van der Waals surface area contributed by atoms with Gasteiger partial charge in [0.2, 0.25) is 5.91 Å². The molecule has 2 aliphatic carbocycles. The fraction of sp³-hybridized carbons (Fsp3) is 0.467. The lowest BCUT2D eigenvalue weighted by Gasteiger charge is -2.27. The molecule has 2 amide bonds. The summed E-state index contributed by atoms with van der Waals surface area (Å²) >= 11 is 0. The molecule has 0 bridgehead atoms. The molecule has 2 saturated carbocycles. The zero-order chi connectivity index (χ0) is 26.9. The number of carboxylic acids is 1. The number of rotatable bonds is 10. The minimum Gasteiger partial charge on any atom is -0.490 e. The molecule has 0 radical (unpaired) electrons. The van der Waals surface area contributed by atoms with Crippen LogP contribution in [0.3, 0.4) is 0 Å².